The molecule has 0 aromatic heterocycles. The molecule has 0 amide bonds. The summed E-state index contributed by atoms with van der Waals surface area (Å²) < 4.78 is 25.8. The summed E-state index contributed by atoms with van der Waals surface area (Å²) in [4.78, 5) is -1.16. The van der Waals surface area contributed by atoms with Crippen molar-refractivity contribution in [2.75, 3.05) is 0 Å². The predicted octanol–water partition coefficient (Wildman–Crippen LogP) is 4.18. The number of nitrogens with zero attached hydrogens (tertiary/aromatic N) is 2. The van der Waals surface area contributed by atoms with Crippen molar-refractivity contribution in [3.05, 3.63) is 67.5 Å². The number of rotatable bonds is 4. The van der Waals surface area contributed by atoms with Crippen LogP contribution in [0.3, 0.4) is 0 Å². The van der Waals surface area contributed by atoms with Crippen LogP contribution in [0.15, 0.2) is 34.1 Å². The van der Waals surface area contributed by atoms with Crippen LogP contribution < -0.4 is 0 Å². The number of hydrogen-bond donors (Lipinski definition) is 2. The minimum Gasteiger partial charge on any atom is -0.507 e. The molecule has 0 aliphatic rings. The van der Waals surface area contributed by atoms with E-state index in [9.17, 15) is 29.2 Å². The van der Waals surface area contributed by atoms with Crippen LogP contribution in [0.5, 0.6) is 11.5 Å². The summed E-state index contributed by atoms with van der Waals surface area (Å²) in [5.74, 6) is 0.193. The molecule has 0 saturated heterocycles. The Morgan fingerprint density at radius 3 is 1.28 bits per heavy atom. The molecule has 0 unspecified atom stereocenters. The molecule has 0 heterocycles. The highest BCUT2D eigenvalue weighted by molar-refractivity contribution is 7.99. The summed E-state index contributed by atoms with van der Waals surface area (Å²) in [6.45, 7) is 6.65. The maximum absolute atomic E-state index is 12.9. The highest BCUT2D eigenvalue weighted by atomic mass is 32.2. The largest absolute Gasteiger partial charge is 0.507 e. The molecule has 2 rings (SSSR count). The van der Waals surface area contributed by atoms with Crippen molar-refractivity contribution in [2.45, 2.75) is 27.7 Å². The van der Waals surface area contributed by atoms with E-state index in [0.717, 1.165) is 0 Å². The van der Waals surface area contributed by atoms with E-state index in [1.807, 2.05) is 0 Å². The van der Waals surface area contributed by atoms with Crippen LogP contribution in [0.4, 0.5) is 0 Å². The third kappa shape index (κ3) is 4.48. The van der Waals surface area contributed by atoms with Crippen LogP contribution in [0.2, 0.25) is 0 Å². The monoisotopic (exact) mass is 408 g/mol. The lowest BCUT2D eigenvalue weighted by molar-refractivity contribution is 0.466. The number of sulfone groups is 1. The molecular formula is C22H20N2O4S. The lowest BCUT2D eigenvalue weighted by atomic mass is 10.1. The van der Waals surface area contributed by atoms with Gasteiger partial charge in [0.25, 0.3) is 0 Å². The van der Waals surface area contributed by atoms with Crippen molar-refractivity contribution in [2.24, 2.45) is 0 Å². The summed E-state index contributed by atoms with van der Waals surface area (Å²) >= 11 is 0. The van der Waals surface area contributed by atoms with Gasteiger partial charge in [0.2, 0.25) is 9.84 Å². The first-order valence-corrected chi connectivity index (χ1v) is 10.1. The van der Waals surface area contributed by atoms with Gasteiger partial charge in [-0.15, -0.1) is 0 Å². The Hall–Kier alpha value is -3.55. The zero-order valence-corrected chi connectivity index (χ0v) is 17.3. The average molecular weight is 408 g/mol. The number of aryl methyl sites for hydroxylation is 4. The zero-order chi connectivity index (χ0) is 21.9. The first-order chi connectivity index (χ1) is 13.5. The third-order valence-electron chi connectivity index (χ3n) is 4.42. The van der Waals surface area contributed by atoms with Gasteiger partial charge in [0.15, 0.2) is 9.81 Å². The first-order valence-electron chi connectivity index (χ1n) is 8.60. The van der Waals surface area contributed by atoms with Crippen molar-refractivity contribution >= 4 is 22.0 Å². The van der Waals surface area contributed by atoms with Crippen molar-refractivity contribution < 1.29 is 18.6 Å². The molecule has 0 aliphatic heterocycles. The lowest BCUT2D eigenvalue weighted by Gasteiger charge is -2.07. The van der Waals surface area contributed by atoms with Gasteiger partial charge >= 0.3 is 0 Å². The summed E-state index contributed by atoms with van der Waals surface area (Å²) in [6, 6.07) is 9.52. The van der Waals surface area contributed by atoms with E-state index in [4.69, 9.17) is 0 Å². The van der Waals surface area contributed by atoms with Crippen LogP contribution in [0.1, 0.15) is 33.4 Å². The third-order valence-corrected chi connectivity index (χ3v) is 6.00. The molecule has 0 radical (unpaired) electrons. The second kappa shape index (κ2) is 8.22. The predicted molar refractivity (Wildman–Crippen MR) is 111 cm³/mol. The van der Waals surface area contributed by atoms with Crippen LogP contribution in [0, 0.1) is 50.4 Å². The van der Waals surface area contributed by atoms with Crippen LogP contribution in [-0.2, 0) is 9.84 Å². The number of hydrogen-bond acceptors (Lipinski definition) is 6. The fraction of sp³-hybridized carbons (Fsp3) is 0.182. The fourth-order valence-corrected chi connectivity index (χ4v) is 3.97. The van der Waals surface area contributed by atoms with Crippen molar-refractivity contribution in [3.8, 4) is 23.6 Å². The standard InChI is InChI=1S/C22H20N2O4S/c1-13-5-17(6-14(2)21(13)25)9-19(11-23)29(27,28)20(12-24)10-18-7-15(3)22(26)16(4)8-18/h5-10,25-26H,1-4H3/b19-9+,20-10?. The van der Waals surface area contributed by atoms with Gasteiger partial charge in [-0.25, -0.2) is 8.42 Å². The van der Waals surface area contributed by atoms with Gasteiger partial charge in [0.1, 0.15) is 23.6 Å². The van der Waals surface area contributed by atoms with Gasteiger partial charge in [-0.1, -0.05) is 0 Å². The molecule has 0 aliphatic carbocycles. The van der Waals surface area contributed by atoms with Gasteiger partial charge in [-0.2, -0.15) is 10.5 Å². The van der Waals surface area contributed by atoms with Gasteiger partial charge in [0, 0.05) is 0 Å². The number of benzene rings is 2. The maximum atomic E-state index is 12.9. The highest BCUT2D eigenvalue weighted by Crippen LogP contribution is 2.28. The normalized spacial score (nSPS) is 12.3. The zero-order valence-electron chi connectivity index (χ0n) is 16.5. The van der Waals surface area contributed by atoms with Crippen LogP contribution in [0.25, 0.3) is 12.2 Å². The number of allylic oxidation sites excluding steroid dienone is 2. The van der Waals surface area contributed by atoms with Crippen molar-refractivity contribution in [3.63, 3.8) is 0 Å². The van der Waals surface area contributed by atoms with Gasteiger partial charge < -0.3 is 10.2 Å². The Morgan fingerprint density at radius 2 is 1.03 bits per heavy atom. The summed E-state index contributed by atoms with van der Waals surface area (Å²) in [5, 5.41) is 38.6. The second-order valence-electron chi connectivity index (χ2n) is 6.75. The Balaban J connectivity index is 2.61. The maximum Gasteiger partial charge on any atom is 0.226 e. The van der Waals surface area contributed by atoms with Crippen LogP contribution >= 0.6 is 0 Å². The molecule has 0 bridgehead atoms. The molecular weight excluding hydrogens is 388 g/mol. The lowest BCUT2D eigenvalue weighted by Crippen LogP contribution is -2.05. The molecule has 148 valence electrons. The molecule has 29 heavy (non-hydrogen) atoms. The highest BCUT2D eigenvalue weighted by Gasteiger charge is 2.24. The van der Waals surface area contributed by atoms with Gasteiger partial charge in [-0.3, -0.25) is 0 Å². The minimum atomic E-state index is -4.36. The van der Waals surface area contributed by atoms with Crippen molar-refractivity contribution in [1.29, 1.82) is 10.5 Å². The Bertz CT molecular complexity index is 1100. The molecule has 0 fully saturated rings. The summed E-state index contributed by atoms with van der Waals surface area (Å²) in [5.41, 5.74) is 3.00. The summed E-state index contributed by atoms with van der Waals surface area (Å²) in [7, 11) is -4.36. The molecule has 7 heteroatoms. The van der Waals surface area contributed by atoms with Crippen molar-refractivity contribution in [1.82, 2.24) is 0 Å². The topological polar surface area (TPSA) is 122 Å². The molecule has 6 nitrogen and oxygen atoms in total. The smallest absolute Gasteiger partial charge is 0.226 e. The fourth-order valence-electron chi connectivity index (χ4n) is 2.91. The molecule has 0 atom stereocenters. The van der Waals surface area contributed by atoms with Gasteiger partial charge in [-0.05, 0) is 97.5 Å². The van der Waals surface area contributed by atoms with E-state index in [-0.39, 0.29) is 11.5 Å². The van der Waals surface area contributed by atoms with Gasteiger partial charge in [0.05, 0.1) is 0 Å². The minimum absolute atomic E-state index is 0.0965. The Labute approximate surface area is 170 Å². The van der Waals surface area contributed by atoms with E-state index < -0.39 is 19.6 Å². The number of phenols is 2. The van der Waals surface area contributed by atoms with E-state index >= 15 is 0 Å². The molecule has 2 aromatic carbocycles. The quantitative estimate of drug-likeness (QED) is 0.732. The number of aromatic hydroxyl groups is 2. The molecule has 0 saturated carbocycles. The SMILES string of the molecule is Cc1cc(C=C(C#N)S(=O)(=O)/C(C#N)=C/c2cc(C)c(O)c(C)c2)cc(C)c1O. The van der Waals surface area contributed by atoms with E-state index in [0.29, 0.717) is 33.4 Å². The number of nitriles is 2. The Morgan fingerprint density at radius 1 is 0.759 bits per heavy atom. The molecule has 2 N–H and O–H groups in total. The van der Waals surface area contributed by atoms with E-state index in [1.165, 1.54) is 12.2 Å². The van der Waals surface area contributed by atoms with E-state index in [1.54, 1.807) is 64.1 Å². The summed E-state index contributed by atoms with van der Waals surface area (Å²) in [6.07, 6.45) is 2.35. The first kappa shape index (κ1) is 21.7. The second-order valence-corrected chi connectivity index (χ2v) is 8.64. The van der Waals surface area contributed by atoms with E-state index in [2.05, 4.69) is 0 Å². The van der Waals surface area contributed by atoms with Crippen LogP contribution in [-0.4, -0.2) is 18.6 Å². The number of phenolic OH excluding ortho intramolecular Hbond substituents is 2. The average Bonchev–Trinajstić information content (AvgIpc) is 2.65. The molecule has 0 spiro atoms. The molecule has 2 aromatic rings. The Kier molecular flexibility index (Phi) is 6.16.